The van der Waals surface area contributed by atoms with Crippen molar-refractivity contribution in [1.29, 1.82) is 0 Å². The van der Waals surface area contributed by atoms with E-state index in [-0.39, 0.29) is 11.5 Å². The number of aromatic amines is 1. The van der Waals surface area contributed by atoms with Gasteiger partial charge in [-0.05, 0) is 0 Å². The molecule has 0 fully saturated rings. The first kappa shape index (κ1) is 6.96. The third kappa shape index (κ3) is 0.810. The molecule has 0 aromatic carbocycles. The minimum absolute atomic E-state index is 0.148. The summed E-state index contributed by atoms with van der Waals surface area (Å²) >= 11 is 0. The average molecular weight is 167 g/mol. The van der Waals surface area contributed by atoms with E-state index in [9.17, 15) is 4.79 Å². The van der Waals surface area contributed by atoms with Gasteiger partial charge in [-0.1, -0.05) is 0 Å². The van der Waals surface area contributed by atoms with Crippen molar-refractivity contribution in [2.75, 3.05) is 29.7 Å². The molecule has 0 radical (unpaired) electrons. The summed E-state index contributed by atoms with van der Waals surface area (Å²) in [6.07, 6.45) is 0. The van der Waals surface area contributed by atoms with E-state index in [1.165, 1.54) is 0 Å². The Kier molecular flexibility index (Phi) is 1.24. The Hall–Kier alpha value is -1.72. The van der Waals surface area contributed by atoms with E-state index >= 15 is 0 Å². The van der Waals surface area contributed by atoms with Crippen LogP contribution < -0.4 is 21.5 Å². The number of nitrogens with one attached hydrogen (secondary N) is 2. The van der Waals surface area contributed by atoms with Crippen molar-refractivity contribution in [1.82, 2.24) is 9.97 Å². The van der Waals surface area contributed by atoms with Crippen LogP contribution in [0.25, 0.3) is 0 Å². The van der Waals surface area contributed by atoms with Crippen molar-refractivity contribution in [3.8, 4) is 0 Å². The highest BCUT2D eigenvalue weighted by Crippen LogP contribution is 2.23. The van der Waals surface area contributed by atoms with Crippen LogP contribution >= 0.6 is 0 Å². The Bertz CT molecular complexity index is 371. The van der Waals surface area contributed by atoms with E-state index in [0.717, 1.165) is 0 Å². The quantitative estimate of drug-likeness (QED) is 0.469. The number of aromatic nitrogens is 2. The van der Waals surface area contributed by atoms with Gasteiger partial charge in [-0.3, -0.25) is 9.78 Å². The number of nitrogens with zero attached hydrogens (tertiary/aromatic N) is 2. The fourth-order valence-corrected chi connectivity index (χ4v) is 1.19. The monoisotopic (exact) mass is 167 g/mol. The first-order valence-corrected chi connectivity index (χ1v) is 3.53. The zero-order chi connectivity index (χ0) is 8.72. The first-order chi connectivity index (χ1) is 5.68. The van der Waals surface area contributed by atoms with Gasteiger partial charge in [-0.25, -0.2) is 0 Å². The van der Waals surface area contributed by atoms with Gasteiger partial charge in [0.2, 0.25) is 5.95 Å². The SMILES string of the molecule is CN1CNc2c1nc(N)[nH]c2=O. The molecule has 0 bridgehead atoms. The van der Waals surface area contributed by atoms with Crippen molar-refractivity contribution >= 4 is 17.5 Å². The second kappa shape index (κ2) is 2.13. The standard InChI is InChI=1S/C6H9N5O/c1-11-2-8-3-4(11)9-6(7)10-5(3)12/h8H,2H2,1H3,(H3,7,9,10,12). The average Bonchev–Trinajstić information content (AvgIpc) is 2.33. The third-order valence-electron chi connectivity index (χ3n) is 1.77. The molecule has 0 saturated heterocycles. The molecule has 1 aliphatic rings. The molecule has 1 aromatic heterocycles. The van der Waals surface area contributed by atoms with Gasteiger partial charge in [0.25, 0.3) is 5.56 Å². The molecule has 1 aromatic rings. The maximum Gasteiger partial charge on any atom is 0.277 e. The Morgan fingerprint density at radius 1 is 1.67 bits per heavy atom. The van der Waals surface area contributed by atoms with Gasteiger partial charge in [0.05, 0.1) is 6.67 Å². The summed E-state index contributed by atoms with van der Waals surface area (Å²) in [4.78, 5) is 19.4. The van der Waals surface area contributed by atoms with E-state index in [0.29, 0.717) is 18.2 Å². The van der Waals surface area contributed by atoms with Crippen LogP contribution in [0.4, 0.5) is 17.5 Å². The Balaban J connectivity index is 2.68. The highest BCUT2D eigenvalue weighted by molar-refractivity contribution is 5.70. The Labute approximate surface area is 68.4 Å². The molecule has 1 aliphatic heterocycles. The summed E-state index contributed by atoms with van der Waals surface area (Å²) < 4.78 is 0. The van der Waals surface area contributed by atoms with Gasteiger partial charge in [-0.2, -0.15) is 4.98 Å². The molecule has 0 amide bonds. The zero-order valence-electron chi connectivity index (χ0n) is 6.59. The summed E-state index contributed by atoms with van der Waals surface area (Å²) in [6, 6.07) is 0. The molecular formula is C6H9N5O. The fourth-order valence-electron chi connectivity index (χ4n) is 1.19. The van der Waals surface area contributed by atoms with E-state index < -0.39 is 0 Å². The summed E-state index contributed by atoms with van der Waals surface area (Å²) in [7, 11) is 1.84. The Morgan fingerprint density at radius 2 is 2.42 bits per heavy atom. The molecule has 12 heavy (non-hydrogen) atoms. The van der Waals surface area contributed by atoms with E-state index in [4.69, 9.17) is 5.73 Å². The molecule has 2 heterocycles. The van der Waals surface area contributed by atoms with Gasteiger partial charge in [-0.15, -0.1) is 0 Å². The molecule has 0 saturated carbocycles. The van der Waals surface area contributed by atoms with Crippen LogP contribution in [0.5, 0.6) is 0 Å². The van der Waals surface area contributed by atoms with Gasteiger partial charge in [0.15, 0.2) is 5.82 Å². The number of H-pyrrole nitrogens is 1. The van der Waals surface area contributed by atoms with Gasteiger partial charge in [0.1, 0.15) is 5.69 Å². The van der Waals surface area contributed by atoms with Crippen molar-refractivity contribution < 1.29 is 0 Å². The lowest BCUT2D eigenvalue weighted by Gasteiger charge is -2.07. The molecule has 0 spiro atoms. The highest BCUT2D eigenvalue weighted by atomic mass is 16.1. The molecule has 2 rings (SSSR count). The zero-order valence-corrected chi connectivity index (χ0v) is 6.59. The summed E-state index contributed by atoms with van der Waals surface area (Å²) in [5, 5.41) is 2.91. The molecule has 0 atom stereocenters. The minimum atomic E-state index is -0.221. The number of nitrogens with two attached hydrogens (primary N) is 1. The number of rotatable bonds is 0. The second-order valence-corrected chi connectivity index (χ2v) is 2.68. The number of hydrogen-bond donors (Lipinski definition) is 3. The summed E-state index contributed by atoms with van der Waals surface area (Å²) in [5.74, 6) is 0.755. The Morgan fingerprint density at radius 3 is 3.17 bits per heavy atom. The number of hydrogen-bond acceptors (Lipinski definition) is 5. The lowest BCUT2D eigenvalue weighted by atomic mass is 10.5. The minimum Gasteiger partial charge on any atom is -0.369 e. The van der Waals surface area contributed by atoms with Crippen molar-refractivity contribution in [3.05, 3.63) is 10.4 Å². The smallest absolute Gasteiger partial charge is 0.277 e. The van der Waals surface area contributed by atoms with Crippen LogP contribution in [0.1, 0.15) is 0 Å². The van der Waals surface area contributed by atoms with Crippen LogP contribution in [0.15, 0.2) is 4.79 Å². The van der Waals surface area contributed by atoms with Gasteiger partial charge < -0.3 is 16.0 Å². The molecule has 6 heteroatoms. The molecular weight excluding hydrogens is 158 g/mol. The molecule has 64 valence electrons. The van der Waals surface area contributed by atoms with Gasteiger partial charge >= 0.3 is 0 Å². The second-order valence-electron chi connectivity index (χ2n) is 2.68. The predicted octanol–water partition coefficient (Wildman–Crippen LogP) is -0.829. The fraction of sp³-hybridized carbons (Fsp3) is 0.333. The predicted molar refractivity (Wildman–Crippen MR) is 46.2 cm³/mol. The summed E-state index contributed by atoms with van der Waals surface area (Å²) in [6.45, 7) is 0.592. The molecule has 0 aliphatic carbocycles. The highest BCUT2D eigenvalue weighted by Gasteiger charge is 2.19. The third-order valence-corrected chi connectivity index (χ3v) is 1.77. The largest absolute Gasteiger partial charge is 0.369 e. The van der Waals surface area contributed by atoms with Crippen LogP contribution in [0.3, 0.4) is 0 Å². The summed E-state index contributed by atoms with van der Waals surface area (Å²) in [5.41, 5.74) is 5.64. The van der Waals surface area contributed by atoms with Crippen molar-refractivity contribution in [2.24, 2.45) is 0 Å². The van der Waals surface area contributed by atoms with Crippen molar-refractivity contribution in [3.63, 3.8) is 0 Å². The van der Waals surface area contributed by atoms with Crippen LogP contribution in [-0.2, 0) is 0 Å². The molecule has 6 nitrogen and oxygen atoms in total. The maximum atomic E-state index is 11.2. The van der Waals surface area contributed by atoms with E-state index in [1.807, 2.05) is 11.9 Å². The lowest BCUT2D eigenvalue weighted by molar-refractivity contribution is 1.00. The van der Waals surface area contributed by atoms with Crippen LogP contribution in [0, 0.1) is 0 Å². The number of fused-ring (bicyclic) bond motifs is 1. The lowest BCUT2D eigenvalue weighted by Crippen LogP contribution is -2.17. The molecule has 4 N–H and O–H groups in total. The van der Waals surface area contributed by atoms with E-state index in [2.05, 4.69) is 15.3 Å². The van der Waals surface area contributed by atoms with Gasteiger partial charge in [0, 0.05) is 7.05 Å². The normalized spacial score (nSPS) is 14.2. The first-order valence-electron chi connectivity index (χ1n) is 3.53. The van der Waals surface area contributed by atoms with Crippen LogP contribution in [-0.4, -0.2) is 23.7 Å². The van der Waals surface area contributed by atoms with Crippen LogP contribution in [0.2, 0.25) is 0 Å². The van der Waals surface area contributed by atoms with Crippen molar-refractivity contribution in [2.45, 2.75) is 0 Å². The topological polar surface area (TPSA) is 87.0 Å². The number of anilines is 3. The molecule has 0 unspecified atom stereocenters. The van der Waals surface area contributed by atoms with E-state index in [1.54, 1.807) is 0 Å². The number of nitrogen functional groups attached to an aromatic ring is 1. The maximum absolute atomic E-state index is 11.2.